The minimum absolute atomic E-state index is 0.0157. The number of halogens is 2. The van der Waals surface area contributed by atoms with E-state index in [-0.39, 0.29) is 21.6 Å². The van der Waals surface area contributed by atoms with Gasteiger partial charge in [0.1, 0.15) is 12.4 Å². The maximum absolute atomic E-state index is 11.8. The van der Waals surface area contributed by atoms with Gasteiger partial charge in [0.15, 0.2) is 0 Å². The summed E-state index contributed by atoms with van der Waals surface area (Å²) in [6.45, 7) is 0. The minimum atomic E-state index is -0.509. The first-order chi connectivity index (χ1) is 14.2. The zero-order valence-electron chi connectivity index (χ0n) is 14.8. The number of H-pyrrole nitrogens is 1. The summed E-state index contributed by atoms with van der Waals surface area (Å²) >= 11 is 17.3. The molecule has 6 N–H and O–H groups in total. The van der Waals surface area contributed by atoms with Gasteiger partial charge < -0.3 is 17.0 Å². The molecule has 30 heavy (non-hydrogen) atoms. The molecule has 1 aromatic carbocycles. The maximum atomic E-state index is 11.8. The Morgan fingerprint density at radius 3 is 2.57 bits per heavy atom. The normalized spacial score (nSPS) is 10.1. The fourth-order valence-electron chi connectivity index (χ4n) is 1.70. The van der Waals surface area contributed by atoms with Crippen LogP contribution in [0.25, 0.3) is 0 Å². The number of nitrogens with zero attached hydrogens (tertiary/aromatic N) is 5. The van der Waals surface area contributed by atoms with Crippen LogP contribution >= 0.6 is 47.2 Å². The Balaban J connectivity index is 0.000000297. The topological polar surface area (TPSA) is 180 Å². The molecule has 0 atom stereocenters. The smallest absolute Gasteiger partial charge is 0.291 e. The molecule has 0 fully saturated rings. The maximum Gasteiger partial charge on any atom is 0.291 e. The lowest BCUT2D eigenvalue weighted by molar-refractivity contribution is -0.113. The molecule has 0 aliphatic rings. The highest BCUT2D eigenvalue weighted by Crippen LogP contribution is 2.25. The van der Waals surface area contributed by atoms with Crippen LogP contribution in [0.5, 0.6) is 0 Å². The van der Waals surface area contributed by atoms with Crippen LogP contribution in [0.4, 0.5) is 5.69 Å². The second kappa shape index (κ2) is 10.7. The van der Waals surface area contributed by atoms with Crippen molar-refractivity contribution in [2.75, 3.05) is 22.8 Å². The predicted octanol–water partition coefficient (Wildman–Crippen LogP) is 0.404. The van der Waals surface area contributed by atoms with Gasteiger partial charge in [0.05, 0.1) is 16.5 Å². The molecule has 16 heteroatoms. The number of nitrogens with one attached hydrogen (secondary N) is 2. The van der Waals surface area contributed by atoms with E-state index in [9.17, 15) is 14.4 Å². The van der Waals surface area contributed by atoms with Crippen molar-refractivity contribution in [1.82, 2.24) is 29.7 Å². The second-order valence-corrected chi connectivity index (χ2v) is 7.35. The summed E-state index contributed by atoms with van der Waals surface area (Å²) < 4.78 is 1.74. The molecule has 0 saturated heterocycles. The highest BCUT2D eigenvalue weighted by atomic mass is 35.5. The van der Waals surface area contributed by atoms with E-state index < -0.39 is 11.1 Å². The van der Waals surface area contributed by atoms with Crippen LogP contribution in [0.3, 0.4) is 0 Å². The number of nitrogen functional groups attached to an aromatic ring is 2. The lowest BCUT2D eigenvalue weighted by Gasteiger charge is -2.08. The van der Waals surface area contributed by atoms with Crippen LogP contribution in [0.2, 0.25) is 10.0 Å². The van der Waals surface area contributed by atoms with Crippen molar-refractivity contribution in [3.05, 3.63) is 66.1 Å². The van der Waals surface area contributed by atoms with Crippen molar-refractivity contribution >= 4 is 58.8 Å². The van der Waals surface area contributed by atoms with Crippen molar-refractivity contribution in [1.29, 1.82) is 0 Å². The number of hydrogen-bond donors (Lipinski definition) is 4. The Morgan fingerprint density at radius 1 is 1.20 bits per heavy atom. The lowest BCUT2D eigenvalue weighted by Crippen LogP contribution is -2.30. The van der Waals surface area contributed by atoms with E-state index in [1.165, 1.54) is 6.07 Å². The van der Waals surface area contributed by atoms with Gasteiger partial charge in [-0.1, -0.05) is 35.0 Å². The van der Waals surface area contributed by atoms with Crippen molar-refractivity contribution in [2.45, 2.75) is 5.16 Å². The van der Waals surface area contributed by atoms with Crippen LogP contribution in [0, 0.1) is 4.77 Å². The molecule has 1 amide bonds. The summed E-state index contributed by atoms with van der Waals surface area (Å²) in [5, 5.41) is 16.5. The molecule has 158 valence electrons. The third-order valence-corrected chi connectivity index (χ3v) is 4.88. The molecule has 0 aliphatic carbocycles. The van der Waals surface area contributed by atoms with Crippen LogP contribution in [-0.2, 0) is 4.79 Å². The number of thioether (sulfide) groups is 1. The van der Waals surface area contributed by atoms with Crippen molar-refractivity contribution in [2.24, 2.45) is 0 Å². The number of aromatic amines is 1. The molecule has 2 heterocycles. The fourth-order valence-corrected chi connectivity index (χ4v) is 2.85. The van der Waals surface area contributed by atoms with Gasteiger partial charge in [-0.25, -0.2) is 0 Å². The van der Waals surface area contributed by atoms with Gasteiger partial charge in [-0.15, -0.1) is 5.10 Å². The van der Waals surface area contributed by atoms with Crippen LogP contribution in [-0.4, -0.2) is 41.4 Å². The Morgan fingerprint density at radius 2 is 1.90 bits per heavy atom. The van der Waals surface area contributed by atoms with Crippen molar-refractivity contribution < 1.29 is 4.79 Å². The van der Waals surface area contributed by atoms with Crippen LogP contribution < -0.4 is 28.1 Å². The largest absolute Gasteiger partial charge is 0.334 e. The number of aromatic nitrogens is 6. The van der Waals surface area contributed by atoms with E-state index in [2.05, 4.69) is 37.9 Å². The highest BCUT2D eigenvalue weighted by Gasteiger charge is 2.10. The number of benzene rings is 1. The first-order valence-electron chi connectivity index (χ1n) is 7.68. The quantitative estimate of drug-likeness (QED) is 0.227. The van der Waals surface area contributed by atoms with Gasteiger partial charge in [0.2, 0.25) is 15.8 Å². The highest BCUT2D eigenvalue weighted by molar-refractivity contribution is 7.99. The summed E-state index contributed by atoms with van der Waals surface area (Å²) in [5.74, 6) is 10.2. The number of rotatable bonds is 4. The Bertz CT molecular complexity index is 1200. The number of nitrogens with two attached hydrogens (primary N) is 2. The third kappa shape index (κ3) is 6.55. The van der Waals surface area contributed by atoms with Gasteiger partial charge in [-0.05, 0) is 30.4 Å². The van der Waals surface area contributed by atoms with Crippen molar-refractivity contribution in [3.63, 3.8) is 0 Å². The Labute approximate surface area is 187 Å². The summed E-state index contributed by atoms with van der Waals surface area (Å²) in [5.41, 5.74) is -0.524. The zero-order valence-corrected chi connectivity index (χ0v) is 17.9. The molecular formula is C14H13Cl2N9O3S2. The van der Waals surface area contributed by atoms with E-state index in [4.69, 9.17) is 34.9 Å². The third-order valence-electron chi connectivity index (χ3n) is 3.08. The predicted molar refractivity (Wildman–Crippen MR) is 116 cm³/mol. The lowest BCUT2D eigenvalue weighted by atomic mass is 10.3. The fraction of sp³-hybridized carbons (Fsp3) is 0.0714. The SMILES string of the molecule is Nn1c(=O)cn[nH]c1=S.Nn1c(SCC(=O)Nc2cc(Cl)ccc2Cl)nncc1=O. The zero-order chi connectivity index (χ0) is 22.3. The standard InChI is InChI=1S/C11H9Cl2N5O2S.C3H4N4OS/c12-6-1-2-7(13)8(3-6)16-9(19)5-21-11-17-15-4-10(20)18(11)14;4-7-2(8)1-5-6-3(7)9/h1-4H,5,14H2,(H,16,19);1H,4H2,(H,6,9). The van der Waals surface area contributed by atoms with E-state index in [1.807, 2.05) is 0 Å². The number of amides is 1. The molecule has 0 unspecified atom stereocenters. The summed E-state index contributed by atoms with van der Waals surface area (Å²) in [7, 11) is 0. The number of carbonyl (C=O) groups excluding carboxylic acids is 1. The first kappa shape index (κ1) is 23.3. The van der Waals surface area contributed by atoms with E-state index >= 15 is 0 Å². The molecule has 0 aliphatic heterocycles. The van der Waals surface area contributed by atoms with Gasteiger partial charge in [-0.3, -0.25) is 19.5 Å². The Hall–Kier alpha value is -2.94. The monoisotopic (exact) mass is 489 g/mol. The van der Waals surface area contributed by atoms with Gasteiger partial charge >= 0.3 is 0 Å². The van der Waals surface area contributed by atoms with E-state index in [1.54, 1.807) is 12.1 Å². The molecular weight excluding hydrogens is 477 g/mol. The van der Waals surface area contributed by atoms with E-state index in [0.717, 1.165) is 33.5 Å². The van der Waals surface area contributed by atoms with Gasteiger partial charge in [0, 0.05) is 5.02 Å². The molecule has 3 aromatic rings. The molecule has 0 bridgehead atoms. The molecule has 12 nitrogen and oxygen atoms in total. The summed E-state index contributed by atoms with van der Waals surface area (Å²) in [6.07, 6.45) is 2.03. The molecule has 0 radical (unpaired) electrons. The Kier molecular flexibility index (Phi) is 8.35. The van der Waals surface area contributed by atoms with Gasteiger partial charge in [0.25, 0.3) is 11.1 Å². The minimum Gasteiger partial charge on any atom is -0.334 e. The first-order valence-corrected chi connectivity index (χ1v) is 9.83. The van der Waals surface area contributed by atoms with Crippen LogP contribution in [0.15, 0.2) is 45.3 Å². The number of anilines is 1. The van der Waals surface area contributed by atoms with Crippen molar-refractivity contribution in [3.8, 4) is 0 Å². The average Bonchev–Trinajstić information content (AvgIpc) is 2.70. The summed E-state index contributed by atoms with van der Waals surface area (Å²) in [6, 6.07) is 4.72. The number of carbonyl (C=O) groups is 1. The molecule has 0 saturated carbocycles. The summed E-state index contributed by atoms with van der Waals surface area (Å²) in [4.78, 5) is 33.6. The van der Waals surface area contributed by atoms with Crippen LogP contribution in [0.1, 0.15) is 0 Å². The average molecular weight is 490 g/mol. The second-order valence-electron chi connectivity index (χ2n) is 5.18. The number of hydrogen-bond acceptors (Lipinski definition) is 10. The molecule has 2 aromatic heterocycles. The molecule has 3 rings (SSSR count). The van der Waals surface area contributed by atoms with Gasteiger partial charge in [-0.2, -0.15) is 19.5 Å². The molecule has 0 spiro atoms. The van der Waals surface area contributed by atoms with E-state index in [0.29, 0.717) is 15.7 Å².